The van der Waals surface area contributed by atoms with Crippen molar-refractivity contribution in [3.8, 4) is 0 Å². The Bertz CT molecular complexity index is 637. The first-order chi connectivity index (χ1) is 9.79. The number of nitrogens with zero attached hydrogens (tertiary/aromatic N) is 3. The van der Waals surface area contributed by atoms with Gasteiger partial charge in [-0.3, -0.25) is 0 Å². The van der Waals surface area contributed by atoms with Gasteiger partial charge < -0.3 is 15.8 Å². The first kappa shape index (κ1) is 12.5. The van der Waals surface area contributed by atoms with E-state index in [1.54, 1.807) is 6.20 Å². The van der Waals surface area contributed by atoms with Gasteiger partial charge in [0.25, 0.3) is 0 Å². The molecule has 1 aliphatic heterocycles. The van der Waals surface area contributed by atoms with E-state index in [1.165, 1.54) is 11.3 Å². The fourth-order valence-electron chi connectivity index (χ4n) is 2.53. The predicted octanol–water partition coefficient (Wildman–Crippen LogP) is 2.26. The molecule has 1 aromatic heterocycles. The summed E-state index contributed by atoms with van der Waals surface area (Å²) in [6.45, 7) is 0.951. The number of benzene rings is 1. The van der Waals surface area contributed by atoms with Gasteiger partial charge in [-0.15, -0.1) is 0 Å². The highest BCUT2D eigenvalue weighted by atomic mass is 16.4. The predicted molar refractivity (Wildman–Crippen MR) is 78.5 cm³/mol. The van der Waals surface area contributed by atoms with Crippen molar-refractivity contribution in [3.63, 3.8) is 0 Å². The lowest BCUT2D eigenvalue weighted by Gasteiger charge is -2.30. The zero-order chi connectivity index (χ0) is 13.9. The quantitative estimate of drug-likeness (QED) is 0.379. The monoisotopic (exact) mass is 268 g/mol. The molecule has 0 unspecified atom stereocenters. The molecule has 0 radical (unpaired) electrons. The third-order valence-corrected chi connectivity index (χ3v) is 3.54. The fraction of sp³-hybridized carbons (Fsp3) is 0.200. The Morgan fingerprint density at radius 2 is 2.10 bits per heavy atom. The molecule has 0 atom stereocenters. The summed E-state index contributed by atoms with van der Waals surface area (Å²) in [5, 5.41) is 11.6. The Balaban J connectivity index is 1.95. The van der Waals surface area contributed by atoms with Gasteiger partial charge in [-0.2, -0.15) is 0 Å². The SMILES string of the molecule is N/C(=N\O)c1ccc(N2CCCc3ccccc32)nc1. The Hall–Kier alpha value is -2.56. The van der Waals surface area contributed by atoms with Crippen molar-refractivity contribution in [2.24, 2.45) is 10.9 Å². The average molecular weight is 268 g/mol. The molecule has 2 aromatic rings. The molecule has 20 heavy (non-hydrogen) atoms. The summed E-state index contributed by atoms with van der Waals surface area (Å²) < 4.78 is 0. The molecule has 2 heterocycles. The molecule has 0 bridgehead atoms. The van der Waals surface area contributed by atoms with E-state index in [4.69, 9.17) is 10.9 Å². The maximum Gasteiger partial charge on any atom is 0.171 e. The maximum atomic E-state index is 8.66. The van der Waals surface area contributed by atoms with Gasteiger partial charge in [-0.05, 0) is 36.6 Å². The second-order valence-corrected chi connectivity index (χ2v) is 4.77. The highest BCUT2D eigenvalue weighted by Gasteiger charge is 2.18. The van der Waals surface area contributed by atoms with Crippen LogP contribution in [-0.4, -0.2) is 22.6 Å². The Morgan fingerprint density at radius 3 is 2.85 bits per heavy atom. The number of hydrogen-bond acceptors (Lipinski definition) is 4. The Labute approximate surface area is 117 Å². The van der Waals surface area contributed by atoms with Crippen LogP contribution in [0.1, 0.15) is 17.5 Å². The van der Waals surface area contributed by atoms with Crippen LogP contribution in [-0.2, 0) is 6.42 Å². The topological polar surface area (TPSA) is 74.7 Å². The van der Waals surface area contributed by atoms with Gasteiger partial charge in [0.15, 0.2) is 5.84 Å². The van der Waals surface area contributed by atoms with Crippen molar-refractivity contribution in [1.29, 1.82) is 0 Å². The van der Waals surface area contributed by atoms with Gasteiger partial charge in [-0.1, -0.05) is 23.4 Å². The lowest BCUT2D eigenvalue weighted by molar-refractivity contribution is 0.318. The molecule has 0 amide bonds. The molecule has 102 valence electrons. The molecule has 1 aliphatic rings. The first-order valence-corrected chi connectivity index (χ1v) is 6.59. The number of nitrogens with two attached hydrogens (primary N) is 1. The van der Waals surface area contributed by atoms with Crippen molar-refractivity contribution in [3.05, 3.63) is 53.7 Å². The minimum absolute atomic E-state index is 0.0723. The number of pyridine rings is 1. The minimum Gasteiger partial charge on any atom is -0.409 e. The van der Waals surface area contributed by atoms with Crippen molar-refractivity contribution >= 4 is 17.3 Å². The summed E-state index contributed by atoms with van der Waals surface area (Å²) in [6, 6.07) is 12.1. The number of fused-ring (bicyclic) bond motifs is 1. The smallest absolute Gasteiger partial charge is 0.171 e. The zero-order valence-corrected chi connectivity index (χ0v) is 11.0. The number of para-hydroxylation sites is 1. The molecule has 0 spiro atoms. The maximum absolute atomic E-state index is 8.66. The Kier molecular flexibility index (Phi) is 3.25. The van der Waals surface area contributed by atoms with Crippen LogP contribution in [0, 0.1) is 0 Å². The normalized spacial score (nSPS) is 15.0. The summed E-state index contributed by atoms with van der Waals surface area (Å²) >= 11 is 0. The molecule has 0 aliphatic carbocycles. The van der Waals surface area contributed by atoms with E-state index in [0.717, 1.165) is 25.2 Å². The van der Waals surface area contributed by atoms with Gasteiger partial charge in [0.05, 0.1) is 0 Å². The molecule has 5 nitrogen and oxygen atoms in total. The van der Waals surface area contributed by atoms with Crippen molar-refractivity contribution in [2.45, 2.75) is 12.8 Å². The minimum atomic E-state index is 0.0723. The second-order valence-electron chi connectivity index (χ2n) is 4.77. The van der Waals surface area contributed by atoms with Gasteiger partial charge in [0.1, 0.15) is 5.82 Å². The van der Waals surface area contributed by atoms with E-state index < -0.39 is 0 Å². The summed E-state index contributed by atoms with van der Waals surface area (Å²) in [4.78, 5) is 6.63. The van der Waals surface area contributed by atoms with Crippen LogP contribution >= 0.6 is 0 Å². The first-order valence-electron chi connectivity index (χ1n) is 6.59. The average Bonchev–Trinajstić information content (AvgIpc) is 2.54. The molecule has 5 heteroatoms. The van der Waals surface area contributed by atoms with Crippen LogP contribution in [0.25, 0.3) is 0 Å². The third-order valence-electron chi connectivity index (χ3n) is 3.54. The lowest BCUT2D eigenvalue weighted by atomic mass is 10.0. The second kappa shape index (κ2) is 5.21. The Morgan fingerprint density at radius 1 is 1.25 bits per heavy atom. The van der Waals surface area contributed by atoms with Gasteiger partial charge in [0.2, 0.25) is 0 Å². The molecule has 0 saturated heterocycles. The number of oxime groups is 1. The largest absolute Gasteiger partial charge is 0.409 e. The van der Waals surface area contributed by atoms with E-state index in [9.17, 15) is 0 Å². The van der Waals surface area contributed by atoms with Crippen LogP contribution in [0.5, 0.6) is 0 Å². The lowest BCUT2D eigenvalue weighted by Crippen LogP contribution is -2.25. The zero-order valence-electron chi connectivity index (χ0n) is 11.0. The van der Waals surface area contributed by atoms with Crippen LogP contribution in [0.15, 0.2) is 47.8 Å². The molecule has 3 rings (SSSR count). The number of amidine groups is 1. The van der Waals surface area contributed by atoms with Gasteiger partial charge >= 0.3 is 0 Å². The standard InChI is InChI=1S/C15H16N4O/c16-15(18-20)12-7-8-14(17-10-12)19-9-3-5-11-4-1-2-6-13(11)19/h1-2,4,6-8,10,20H,3,5,9H2,(H2,16,18). The summed E-state index contributed by atoms with van der Waals surface area (Å²) in [5.74, 6) is 0.953. The number of hydrogen-bond donors (Lipinski definition) is 2. The molecule has 0 fully saturated rings. The summed E-state index contributed by atoms with van der Waals surface area (Å²) in [6.07, 6.45) is 3.84. The van der Waals surface area contributed by atoms with E-state index in [1.807, 2.05) is 18.2 Å². The third kappa shape index (κ3) is 2.18. The number of aromatic nitrogens is 1. The van der Waals surface area contributed by atoms with Crippen molar-refractivity contribution in [1.82, 2.24) is 4.98 Å². The van der Waals surface area contributed by atoms with Crippen LogP contribution < -0.4 is 10.6 Å². The molecular formula is C15H16N4O. The van der Waals surface area contributed by atoms with E-state index in [2.05, 4.69) is 33.2 Å². The van der Waals surface area contributed by atoms with Crippen LogP contribution in [0.3, 0.4) is 0 Å². The number of aryl methyl sites for hydroxylation is 1. The molecular weight excluding hydrogens is 252 g/mol. The number of anilines is 2. The van der Waals surface area contributed by atoms with Gasteiger partial charge in [-0.25, -0.2) is 4.98 Å². The highest BCUT2D eigenvalue weighted by molar-refractivity contribution is 5.96. The van der Waals surface area contributed by atoms with Crippen molar-refractivity contribution in [2.75, 3.05) is 11.4 Å². The number of rotatable bonds is 2. The molecule has 3 N–H and O–H groups in total. The van der Waals surface area contributed by atoms with Gasteiger partial charge in [0, 0.05) is 24.0 Å². The fourth-order valence-corrected chi connectivity index (χ4v) is 2.53. The molecule has 1 aromatic carbocycles. The van der Waals surface area contributed by atoms with Crippen molar-refractivity contribution < 1.29 is 5.21 Å². The molecule has 0 saturated carbocycles. The summed E-state index contributed by atoms with van der Waals surface area (Å²) in [5.41, 5.74) is 8.72. The van der Waals surface area contributed by atoms with Crippen LogP contribution in [0.4, 0.5) is 11.5 Å². The van der Waals surface area contributed by atoms with E-state index in [-0.39, 0.29) is 5.84 Å². The van der Waals surface area contributed by atoms with E-state index >= 15 is 0 Å². The van der Waals surface area contributed by atoms with E-state index in [0.29, 0.717) is 5.56 Å². The van der Waals surface area contributed by atoms with Crippen LogP contribution in [0.2, 0.25) is 0 Å². The highest BCUT2D eigenvalue weighted by Crippen LogP contribution is 2.31. The summed E-state index contributed by atoms with van der Waals surface area (Å²) in [7, 11) is 0.